The summed E-state index contributed by atoms with van der Waals surface area (Å²) in [7, 11) is 0. The van der Waals surface area contributed by atoms with E-state index in [0.717, 1.165) is 22.1 Å². The molecule has 1 aromatic carbocycles. The molecule has 0 saturated heterocycles. The van der Waals surface area contributed by atoms with Crippen molar-refractivity contribution in [2.24, 2.45) is 0 Å². The molecule has 122 valence electrons. The average Bonchev–Trinajstić information content (AvgIpc) is 3.23. The predicted octanol–water partition coefficient (Wildman–Crippen LogP) is 3.47. The Hall–Kier alpha value is -2.54. The van der Waals surface area contributed by atoms with Gasteiger partial charge < -0.3 is 0 Å². The molecular weight excluding hydrogens is 322 g/mol. The maximum atomic E-state index is 12.5. The quantitative estimate of drug-likeness (QED) is 0.790. The normalized spacial score (nSPS) is 13.9. The summed E-state index contributed by atoms with van der Waals surface area (Å²) in [5.41, 5.74) is 3.42. The maximum absolute atomic E-state index is 12.5. The highest BCUT2D eigenvalue weighted by Gasteiger charge is 2.27. The number of rotatable bonds is 4. The van der Waals surface area contributed by atoms with E-state index in [1.165, 1.54) is 24.2 Å². The fraction of sp³-hybridized carbons (Fsp3) is 0.294. The molecule has 3 aromatic rings. The number of amides is 1. The molecule has 0 unspecified atom stereocenters. The van der Waals surface area contributed by atoms with Crippen LogP contribution in [0.3, 0.4) is 0 Å². The standard InChI is InChI=1S/C17H17N5OS/c1-10-8-11(2)22(21-10)14-5-3-4-13(9-14)15(23)18-17-20-19-16(24-17)12-6-7-12/h3-5,8-9,12H,6-7H2,1-2H3,(H,18,20,23). The summed E-state index contributed by atoms with van der Waals surface area (Å²) in [5.74, 6) is 0.361. The van der Waals surface area contributed by atoms with E-state index in [0.29, 0.717) is 16.6 Å². The summed E-state index contributed by atoms with van der Waals surface area (Å²) in [6.45, 7) is 3.94. The number of nitrogens with one attached hydrogen (secondary N) is 1. The SMILES string of the molecule is Cc1cc(C)n(-c2cccc(C(=O)Nc3nnc(C4CC4)s3)c2)n1. The molecule has 6 nitrogen and oxygen atoms in total. The molecule has 1 amide bonds. The lowest BCUT2D eigenvalue weighted by Crippen LogP contribution is -2.12. The molecule has 4 rings (SSSR count). The fourth-order valence-corrected chi connectivity index (χ4v) is 3.53. The molecule has 7 heteroatoms. The van der Waals surface area contributed by atoms with Gasteiger partial charge in [0.2, 0.25) is 5.13 Å². The van der Waals surface area contributed by atoms with Crippen LogP contribution in [0.5, 0.6) is 0 Å². The Morgan fingerprint density at radius 3 is 2.79 bits per heavy atom. The molecule has 0 atom stereocenters. The molecule has 1 aliphatic rings. The Bertz CT molecular complexity index is 909. The first-order chi connectivity index (χ1) is 11.6. The highest BCUT2D eigenvalue weighted by molar-refractivity contribution is 7.15. The van der Waals surface area contributed by atoms with E-state index >= 15 is 0 Å². The Kier molecular flexibility index (Phi) is 3.65. The van der Waals surface area contributed by atoms with Crippen LogP contribution in [0.15, 0.2) is 30.3 Å². The summed E-state index contributed by atoms with van der Waals surface area (Å²) < 4.78 is 1.84. The summed E-state index contributed by atoms with van der Waals surface area (Å²) in [4.78, 5) is 12.5. The summed E-state index contributed by atoms with van der Waals surface area (Å²) in [6, 6.07) is 9.42. The summed E-state index contributed by atoms with van der Waals surface area (Å²) in [5, 5.41) is 17.1. The number of aryl methyl sites for hydroxylation is 2. The van der Waals surface area contributed by atoms with Crippen molar-refractivity contribution in [1.29, 1.82) is 0 Å². The second-order valence-corrected chi connectivity index (χ2v) is 7.07. The van der Waals surface area contributed by atoms with E-state index in [1.54, 1.807) is 6.07 Å². The molecule has 1 fully saturated rings. The van der Waals surface area contributed by atoms with Crippen molar-refractivity contribution in [1.82, 2.24) is 20.0 Å². The number of benzene rings is 1. The smallest absolute Gasteiger partial charge is 0.257 e. The number of hydrogen-bond donors (Lipinski definition) is 1. The number of anilines is 1. The van der Waals surface area contributed by atoms with Crippen molar-refractivity contribution in [3.8, 4) is 5.69 Å². The molecule has 24 heavy (non-hydrogen) atoms. The van der Waals surface area contributed by atoms with E-state index in [4.69, 9.17) is 0 Å². The lowest BCUT2D eigenvalue weighted by atomic mass is 10.2. The van der Waals surface area contributed by atoms with Crippen molar-refractivity contribution in [3.05, 3.63) is 52.3 Å². The van der Waals surface area contributed by atoms with Gasteiger partial charge in [0.15, 0.2) is 0 Å². The lowest BCUT2D eigenvalue weighted by Gasteiger charge is -2.07. The minimum Gasteiger partial charge on any atom is -0.296 e. The molecule has 0 spiro atoms. The first-order valence-corrected chi connectivity index (χ1v) is 8.70. The van der Waals surface area contributed by atoms with Crippen molar-refractivity contribution in [2.45, 2.75) is 32.6 Å². The van der Waals surface area contributed by atoms with Gasteiger partial charge in [-0.3, -0.25) is 10.1 Å². The van der Waals surface area contributed by atoms with Crippen molar-refractivity contribution >= 4 is 22.4 Å². The van der Waals surface area contributed by atoms with Gasteiger partial charge in [-0.1, -0.05) is 17.4 Å². The van der Waals surface area contributed by atoms with Crippen LogP contribution in [0.4, 0.5) is 5.13 Å². The third kappa shape index (κ3) is 2.94. The van der Waals surface area contributed by atoms with Crippen LogP contribution in [0.1, 0.15) is 45.5 Å². The van der Waals surface area contributed by atoms with Crippen LogP contribution in [0.25, 0.3) is 5.69 Å². The largest absolute Gasteiger partial charge is 0.296 e. The highest BCUT2D eigenvalue weighted by Crippen LogP contribution is 2.42. The zero-order valence-electron chi connectivity index (χ0n) is 13.5. The average molecular weight is 339 g/mol. The predicted molar refractivity (Wildman–Crippen MR) is 92.9 cm³/mol. The van der Waals surface area contributed by atoms with E-state index in [9.17, 15) is 4.79 Å². The molecule has 1 aliphatic carbocycles. The van der Waals surface area contributed by atoms with Crippen molar-refractivity contribution in [3.63, 3.8) is 0 Å². The second kappa shape index (κ2) is 5.83. The van der Waals surface area contributed by atoms with Gasteiger partial charge in [-0.15, -0.1) is 10.2 Å². The Labute approximate surface area is 143 Å². The van der Waals surface area contributed by atoms with Gasteiger partial charge in [0, 0.05) is 17.2 Å². The molecule has 1 saturated carbocycles. The summed E-state index contributed by atoms with van der Waals surface area (Å²) >= 11 is 1.46. The monoisotopic (exact) mass is 339 g/mol. The van der Waals surface area contributed by atoms with Crippen LogP contribution in [0.2, 0.25) is 0 Å². The van der Waals surface area contributed by atoms with Gasteiger partial charge in [0.1, 0.15) is 5.01 Å². The Balaban J connectivity index is 1.55. The van der Waals surface area contributed by atoms with Gasteiger partial charge in [0.25, 0.3) is 5.91 Å². The second-order valence-electron chi connectivity index (χ2n) is 6.06. The minimum atomic E-state index is -0.183. The lowest BCUT2D eigenvalue weighted by molar-refractivity contribution is 0.102. The van der Waals surface area contributed by atoms with Crippen molar-refractivity contribution < 1.29 is 4.79 Å². The third-order valence-corrected chi connectivity index (χ3v) is 4.95. The highest BCUT2D eigenvalue weighted by atomic mass is 32.1. The topological polar surface area (TPSA) is 72.7 Å². The van der Waals surface area contributed by atoms with Crippen LogP contribution in [-0.4, -0.2) is 25.9 Å². The first kappa shape index (κ1) is 15.0. The molecule has 2 heterocycles. The minimum absolute atomic E-state index is 0.183. The molecule has 2 aromatic heterocycles. The van der Waals surface area contributed by atoms with Gasteiger partial charge in [0.05, 0.1) is 11.4 Å². The molecule has 0 bridgehead atoms. The number of hydrogen-bond acceptors (Lipinski definition) is 5. The molecule has 1 N–H and O–H groups in total. The number of aromatic nitrogens is 4. The van der Waals surface area contributed by atoms with Crippen molar-refractivity contribution in [2.75, 3.05) is 5.32 Å². The maximum Gasteiger partial charge on any atom is 0.257 e. The molecular formula is C17H17N5OS. The Morgan fingerprint density at radius 1 is 1.25 bits per heavy atom. The van der Waals surface area contributed by atoms with Gasteiger partial charge in [-0.2, -0.15) is 5.10 Å². The fourth-order valence-electron chi connectivity index (χ4n) is 2.62. The van der Waals surface area contributed by atoms with Gasteiger partial charge >= 0.3 is 0 Å². The first-order valence-electron chi connectivity index (χ1n) is 7.88. The van der Waals surface area contributed by atoms with Crippen LogP contribution >= 0.6 is 11.3 Å². The summed E-state index contributed by atoms with van der Waals surface area (Å²) in [6.07, 6.45) is 2.35. The van der Waals surface area contributed by atoms with Gasteiger partial charge in [-0.25, -0.2) is 4.68 Å². The zero-order chi connectivity index (χ0) is 16.7. The number of carbonyl (C=O) groups is 1. The van der Waals surface area contributed by atoms with Crippen LogP contribution in [0, 0.1) is 13.8 Å². The zero-order valence-corrected chi connectivity index (χ0v) is 14.3. The van der Waals surface area contributed by atoms with E-state index < -0.39 is 0 Å². The molecule has 0 aliphatic heterocycles. The van der Waals surface area contributed by atoms with E-state index in [1.807, 2.05) is 42.8 Å². The Morgan fingerprint density at radius 2 is 2.08 bits per heavy atom. The number of carbonyl (C=O) groups excluding carboxylic acids is 1. The number of nitrogens with zero attached hydrogens (tertiary/aromatic N) is 4. The van der Waals surface area contributed by atoms with Gasteiger partial charge in [-0.05, 0) is 51.0 Å². The van der Waals surface area contributed by atoms with Crippen LogP contribution in [-0.2, 0) is 0 Å². The van der Waals surface area contributed by atoms with E-state index in [2.05, 4.69) is 20.6 Å². The van der Waals surface area contributed by atoms with Crippen LogP contribution < -0.4 is 5.32 Å². The third-order valence-electron chi connectivity index (χ3n) is 3.95. The van der Waals surface area contributed by atoms with E-state index in [-0.39, 0.29) is 5.91 Å². The molecule has 0 radical (unpaired) electrons.